The van der Waals surface area contributed by atoms with Gasteiger partial charge in [0.2, 0.25) is 10.0 Å². The second-order valence-electron chi connectivity index (χ2n) is 3.85. The van der Waals surface area contributed by atoms with Crippen LogP contribution in [0.15, 0.2) is 0 Å². The predicted octanol–water partition coefficient (Wildman–Crippen LogP) is -0.354. The van der Waals surface area contributed by atoms with E-state index in [-0.39, 0.29) is 6.10 Å². The summed E-state index contributed by atoms with van der Waals surface area (Å²) in [5.41, 5.74) is 0. The number of carbonyl (C=O) groups is 1. The monoisotopic (exact) mass is 251 g/mol. The van der Waals surface area contributed by atoms with Crippen molar-refractivity contribution < 1.29 is 22.7 Å². The lowest BCUT2D eigenvalue weighted by atomic mass is 10.2. The zero-order valence-corrected chi connectivity index (χ0v) is 10.2. The first-order chi connectivity index (χ1) is 7.38. The first kappa shape index (κ1) is 13.4. The van der Waals surface area contributed by atoms with Gasteiger partial charge in [-0.25, -0.2) is 8.42 Å². The Bertz CT molecular complexity index is 334. The molecule has 0 unspecified atom stereocenters. The second kappa shape index (κ2) is 5.60. The molecule has 0 radical (unpaired) electrons. The third-order valence-electron chi connectivity index (χ3n) is 2.21. The maximum absolute atomic E-state index is 11.3. The predicted molar refractivity (Wildman–Crippen MR) is 57.4 cm³/mol. The minimum atomic E-state index is -3.52. The van der Waals surface area contributed by atoms with Gasteiger partial charge in [0.15, 0.2) is 0 Å². The highest BCUT2D eigenvalue weighted by Gasteiger charge is 2.21. The highest BCUT2D eigenvalue weighted by atomic mass is 32.2. The Morgan fingerprint density at radius 3 is 2.81 bits per heavy atom. The van der Waals surface area contributed by atoms with Crippen LogP contribution in [0.4, 0.5) is 0 Å². The van der Waals surface area contributed by atoms with E-state index in [2.05, 4.69) is 0 Å². The van der Waals surface area contributed by atoms with E-state index in [4.69, 9.17) is 9.47 Å². The Morgan fingerprint density at radius 1 is 1.62 bits per heavy atom. The lowest BCUT2D eigenvalue weighted by molar-refractivity contribution is -0.131. The smallest absolute Gasteiger partial charge is 0.262 e. The van der Waals surface area contributed by atoms with Crippen LogP contribution in [0.5, 0.6) is 0 Å². The van der Waals surface area contributed by atoms with Crippen molar-refractivity contribution in [1.82, 2.24) is 4.72 Å². The van der Waals surface area contributed by atoms with Gasteiger partial charge in [-0.1, -0.05) is 0 Å². The maximum atomic E-state index is 11.3. The summed E-state index contributed by atoms with van der Waals surface area (Å²) in [7, 11) is -3.52. The van der Waals surface area contributed by atoms with E-state index in [0.717, 1.165) is 25.7 Å². The molecule has 0 spiro atoms. The summed E-state index contributed by atoms with van der Waals surface area (Å²) < 4.78 is 34.0. The van der Waals surface area contributed by atoms with Gasteiger partial charge in [0, 0.05) is 6.61 Å². The van der Waals surface area contributed by atoms with Crippen LogP contribution < -0.4 is 4.72 Å². The van der Waals surface area contributed by atoms with Gasteiger partial charge in [0.25, 0.3) is 5.91 Å². The summed E-state index contributed by atoms with van der Waals surface area (Å²) in [6.07, 6.45) is 2.07. The van der Waals surface area contributed by atoms with Crippen molar-refractivity contribution in [3.05, 3.63) is 0 Å². The van der Waals surface area contributed by atoms with Gasteiger partial charge < -0.3 is 9.47 Å². The molecule has 1 saturated heterocycles. The van der Waals surface area contributed by atoms with Gasteiger partial charge in [-0.3, -0.25) is 9.52 Å². The molecule has 0 aromatic carbocycles. The lowest BCUT2D eigenvalue weighted by Crippen LogP contribution is -2.38. The fraction of sp³-hybridized carbons (Fsp3) is 0.889. The van der Waals surface area contributed by atoms with Crippen molar-refractivity contribution in [3.8, 4) is 0 Å². The number of amides is 1. The van der Waals surface area contributed by atoms with Crippen LogP contribution in [0.3, 0.4) is 0 Å². The fourth-order valence-corrected chi connectivity index (χ4v) is 1.90. The molecule has 0 aromatic heterocycles. The van der Waals surface area contributed by atoms with Crippen molar-refractivity contribution in [3.63, 3.8) is 0 Å². The second-order valence-corrected chi connectivity index (χ2v) is 5.60. The molecule has 1 heterocycles. The zero-order valence-electron chi connectivity index (χ0n) is 9.43. The van der Waals surface area contributed by atoms with Crippen molar-refractivity contribution in [2.75, 3.05) is 19.5 Å². The van der Waals surface area contributed by atoms with Crippen LogP contribution >= 0.6 is 0 Å². The average molecular weight is 251 g/mol. The third-order valence-corrected chi connectivity index (χ3v) is 2.78. The quantitative estimate of drug-likeness (QED) is 0.722. The van der Waals surface area contributed by atoms with E-state index >= 15 is 0 Å². The van der Waals surface area contributed by atoms with Crippen LogP contribution in [0.1, 0.15) is 19.8 Å². The van der Waals surface area contributed by atoms with E-state index in [1.165, 1.54) is 6.92 Å². The molecule has 0 aliphatic carbocycles. The minimum Gasteiger partial charge on any atom is -0.376 e. The molecule has 16 heavy (non-hydrogen) atoms. The molecule has 1 fully saturated rings. The molecule has 0 aromatic rings. The van der Waals surface area contributed by atoms with Crippen molar-refractivity contribution in [2.24, 2.45) is 0 Å². The largest absolute Gasteiger partial charge is 0.376 e. The van der Waals surface area contributed by atoms with Crippen LogP contribution in [0, 0.1) is 0 Å². The maximum Gasteiger partial charge on any atom is 0.262 e. The van der Waals surface area contributed by atoms with Crippen molar-refractivity contribution in [2.45, 2.75) is 32.0 Å². The Hall–Kier alpha value is -0.660. The van der Waals surface area contributed by atoms with E-state index in [0.29, 0.717) is 6.61 Å². The molecular formula is C9H17NO5S. The molecule has 1 rings (SSSR count). The number of ether oxygens (including phenoxy) is 2. The SMILES string of the molecule is C[C@@H](OC[C@@H]1CCCO1)C(=O)NS(C)(=O)=O. The first-order valence-electron chi connectivity index (χ1n) is 5.13. The molecule has 1 N–H and O–H groups in total. The number of nitrogens with one attached hydrogen (secondary N) is 1. The number of rotatable bonds is 5. The summed E-state index contributed by atoms with van der Waals surface area (Å²) in [4.78, 5) is 11.3. The third kappa shape index (κ3) is 4.91. The zero-order chi connectivity index (χ0) is 12.2. The molecule has 0 bridgehead atoms. The molecular weight excluding hydrogens is 234 g/mol. The molecule has 94 valence electrons. The Labute approximate surface area is 95.4 Å². The topological polar surface area (TPSA) is 81.7 Å². The van der Waals surface area contributed by atoms with Gasteiger partial charge in [-0.05, 0) is 19.8 Å². The highest BCUT2D eigenvalue weighted by Crippen LogP contribution is 2.12. The first-order valence-corrected chi connectivity index (χ1v) is 7.02. The van der Waals surface area contributed by atoms with Crippen LogP contribution in [0.2, 0.25) is 0 Å². The Morgan fingerprint density at radius 2 is 2.31 bits per heavy atom. The molecule has 7 heteroatoms. The van der Waals surface area contributed by atoms with Gasteiger partial charge >= 0.3 is 0 Å². The van der Waals surface area contributed by atoms with E-state index in [1.807, 2.05) is 4.72 Å². The van der Waals surface area contributed by atoms with Crippen molar-refractivity contribution >= 4 is 15.9 Å². The standard InChI is InChI=1S/C9H17NO5S/c1-7(9(11)10-16(2,12)13)15-6-8-4-3-5-14-8/h7-8H,3-6H2,1-2H3,(H,10,11)/t7-,8+/m1/s1. The lowest BCUT2D eigenvalue weighted by Gasteiger charge is -2.15. The van der Waals surface area contributed by atoms with Gasteiger partial charge in [-0.2, -0.15) is 0 Å². The summed E-state index contributed by atoms with van der Waals surface area (Å²) in [5.74, 6) is -0.652. The average Bonchev–Trinajstić information content (AvgIpc) is 2.63. The van der Waals surface area contributed by atoms with E-state index < -0.39 is 22.0 Å². The molecule has 1 aliphatic heterocycles. The van der Waals surface area contributed by atoms with Crippen LogP contribution in [-0.4, -0.2) is 46.0 Å². The molecule has 1 amide bonds. The summed E-state index contributed by atoms with van der Waals surface area (Å²) in [5, 5.41) is 0. The summed E-state index contributed by atoms with van der Waals surface area (Å²) in [6.45, 7) is 2.55. The van der Waals surface area contributed by atoms with Crippen LogP contribution in [-0.2, 0) is 24.3 Å². The molecule has 0 saturated carbocycles. The number of hydrogen-bond acceptors (Lipinski definition) is 5. The van der Waals surface area contributed by atoms with E-state index in [1.54, 1.807) is 0 Å². The Balaban J connectivity index is 2.28. The number of carbonyl (C=O) groups excluding carboxylic acids is 1. The van der Waals surface area contributed by atoms with Gasteiger partial charge in [-0.15, -0.1) is 0 Å². The molecule has 1 aliphatic rings. The summed E-state index contributed by atoms with van der Waals surface area (Å²) >= 11 is 0. The normalized spacial score (nSPS) is 23.0. The van der Waals surface area contributed by atoms with E-state index in [9.17, 15) is 13.2 Å². The highest BCUT2D eigenvalue weighted by molar-refractivity contribution is 7.89. The van der Waals surface area contributed by atoms with Crippen molar-refractivity contribution in [1.29, 1.82) is 0 Å². The van der Waals surface area contributed by atoms with Gasteiger partial charge in [0.05, 0.1) is 19.0 Å². The minimum absolute atomic E-state index is 0.0217. The number of sulfonamides is 1. The molecule has 2 atom stereocenters. The Kier molecular flexibility index (Phi) is 4.69. The summed E-state index contributed by atoms with van der Waals surface area (Å²) in [6, 6.07) is 0. The fourth-order valence-electron chi connectivity index (χ4n) is 1.37. The number of hydrogen-bond donors (Lipinski definition) is 1. The van der Waals surface area contributed by atoms with Gasteiger partial charge in [0.1, 0.15) is 6.10 Å². The molecule has 6 nitrogen and oxygen atoms in total. The van der Waals surface area contributed by atoms with Crippen LogP contribution in [0.25, 0.3) is 0 Å².